The number of esters is 5. The normalized spacial score (nSPS) is 31.8. The highest BCUT2D eigenvalue weighted by Crippen LogP contribution is 2.51. The molecule has 0 aromatic heterocycles. The number of allylic oxidation sites excluding steroid dienone is 1. The predicted molar refractivity (Wildman–Crippen MR) is 188 cm³/mol. The Hall–Kier alpha value is -5.14. The topological polar surface area (TPSA) is 189 Å². The monoisotopic (exact) mass is 734 g/mol. The molecule has 4 rings (SSSR count). The summed E-state index contributed by atoms with van der Waals surface area (Å²) >= 11 is 0. The number of ketones is 1. The van der Waals surface area contributed by atoms with Crippen LogP contribution in [0.2, 0.25) is 0 Å². The van der Waals surface area contributed by atoms with Crippen molar-refractivity contribution >= 4 is 35.6 Å². The molecule has 2 aromatic rings. The maximum atomic E-state index is 14.5. The molecule has 0 spiro atoms. The van der Waals surface area contributed by atoms with Gasteiger partial charge in [-0.25, -0.2) is 9.59 Å². The van der Waals surface area contributed by atoms with Crippen LogP contribution in [0.5, 0.6) is 0 Å². The summed E-state index contributed by atoms with van der Waals surface area (Å²) in [6.07, 6.45) is -6.42. The molecule has 13 nitrogen and oxygen atoms in total. The Morgan fingerprint density at radius 1 is 0.755 bits per heavy atom. The third-order valence-electron chi connectivity index (χ3n) is 9.64. The van der Waals surface area contributed by atoms with Crippen molar-refractivity contribution in [2.24, 2.45) is 17.3 Å². The number of hydrogen-bond donors (Lipinski definition) is 2. The van der Waals surface area contributed by atoms with Gasteiger partial charge in [0.2, 0.25) is 0 Å². The summed E-state index contributed by atoms with van der Waals surface area (Å²) in [5, 5.41) is 24.6. The molecular formula is C40H46O13. The van der Waals surface area contributed by atoms with E-state index in [4.69, 9.17) is 23.7 Å². The van der Waals surface area contributed by atoms with Gasteiger partial charge in [-0.1, -0.05) is 75.9 Å². The second kappa shape index (κ2) is 15.8. The SMILES string of the molecule is C=C1[C@H](OC(=O)c2ccccc2)[C@@H](OC(C)=O)[C@@H](OC(C)=O)C(C)(C)/C=C/[C@H](C)C(=O)[C@@]2(O)C[C@@](C)(OC(C)=O)[C@H](O)[C@@H]2[C@H]1OC(=O)c1ccccc1. The van der Waals surface area contributed by atoms with Crippen LogP contribution in [0.25, 0.3) is 0 Å². The molecule has 0 radical (unpaired) electrons. The lowest BCUT2D eigenvalue weighted by Gasteiger charge is -2.43. The van der Waals surface area contributed by atoms with Crippen LogP contribution in [-0.4, -0.2) is 87.6 Å². The van der Waals surface area contributed by atoms with E-state index in [1.807, 2.05) is 0 Å². The van der Waals surface area contributed by atoms with E-state index in [0.717, 1.165) is 20.8 Å². The van der Waals surface area contributed by atoms with E-state index < -0.39 is 101 Å². The minimum Gasteiger partial charge on any atom is -0.458 e. The molecule has 0 bridgehead atoms. The largest absolute Gasteiger partial charge is 0.458 e. The summed E-state index contributed by atoms with van der Waals surface area (Å²) in [5.41, 5.74) is -6.04. The van der Waals surface area contributed by atoms with Gasteiger partial charge in [0.25, 0.3) is 0 Å². The van der Waals surface area contributed by atoms with E-state index in [9.17, 15) is 39.0 Å². The van der Waals surface area contributed by atoms with Crippen LogP contribution < -0.4 is 0 Å². The average Bonchev–Trinajstić information content (AvgIpc) is 3.29. The number of carbonyl (C=O) groups is 6. The average molecular weight is 735 g/mol. The molecule has 0 amide bonds. The van der Waals surface area contributed by atoms with E-state index in [-0.39, 0.29) is 16.7 Å². The molecule has 2 N–H and O–H groups in total. The van der Waals surface area contributed by atoms with E-state index in [1.54, 1.807) is 50.2 Å². The minimum atomic E-state index is -2.57. The first-order valence-electron chi connectivity index (χ1n) is 17.1. The molecule has 1 saturated carbocycles. The highest BCUT2D eigenvalue weighted by atomic mass is 16.6. The van der Waals surface area contributed by atoms with Crippen LogP contribution in [-0.2, 0) is 42.9 Å². The van der Waals surface area contributed by atoms with Crippen LogP contribution in [0.1, 0.15) is 75.6 Å². The third-order valence-corrected chi connectivity index (χ3v) is 9.64. The van der Waals surface area contributed by atoms with E-state index in [2.05, 4.69) is 6.58 Å². The zero-order valence-electron chi connectivity index (χ0n) is 30.8. The van der Waals surface area contributed by atoms with Gasteiger partial charge in [-0.3, -0.25) is 19.2 Å². The molecule has 284 valence electrons. The summed E-state index contributed by atoms with van der Waals surface area (Å²) in [6, 6.07) is 15.4. The summed E-state index contributed by atoms with van der Waals surface area (Å²) in [4.78, 5) is 80.0. The second-order valence-electron chi connectivity index (χ2n) is 14.4. The maximum Gasteiger partial charge on any atom is 0.338 e. The van der Waals surface area contributed by atoms with Gasteiger partial charge in [-0.2, -0.15) is 0 Å². The van der Waals surface area contributed by atoms with Gasteiger partial charge in [0, 0.05) is 44.1 Å². The Morgan fingerprint density at radius 2 is 1.25 bits per heavy atom. The van der Waals surface area contributed by atoms with Gasteiger partial charge in [0.05, 0.1) is 17.0 Å². The minimum absolute atomic E-state index is 0.0288. The molecule has 0 saturated heterocycles. The van der Waals surface area contributed by atoms with Crippen LogP contribution in [0.15, 0.2) is 85.0 Å². The van der Waals surface area contributed by atoms with E-state index in [0.29, 0.717) is 0 Å². The molecule has 2 aliphatic rings. The quantitative estimate of drug-likeness (QED) is 0.235. The first-order chi connectivity index (χ1) is 24.7. The molecule has 0 heterocycles. The number of aliphatic hydroxyl groups is 2. The zero-order valence-corrected chi connectivity index (χ0v) is 30.8. The number of fused-ring (bicyclic) bond motifs is 1. The van der Waals surface area contributed by atoms with Gasteiger partial charge in [0.1, 0.15) is 23.4 Å². The fourth-order valence-corrected chi connectivity index (χ4v) is 7.17. The highest BCUT2D eigenvalue weighted by Gasteiger charge is 2.68. The molecule has 0 aliphatic heterocycles. The van der Waals surface area contributed by atoms with Crippen LogP contribution in [0.3, 0.4) is 0 Å². The molecule has 1 fully saturated rings. The summed E-state index contributed by atoms with van der Waals surface area (Å²) in [6.45, 7) is 13.5. The molecule has 0 unspecified atom stereocenters. The van der Waals surface area contributed by atoms with Crippen molar-refractivity contribution in [3.05, 3.63) is 96.1 Å². The van der Waals surface area contributed by atoms with Gasteiger partial charge in [-0.15, -0.1) is 0 Å². The number of Topliss-reactive ketones (excluding diaryl/α,β-unsaturated/α-hetero) is 1. The molecule has 53 heavy (non-hydrogen) atoms. The fraction of sp³-hybridized carbons (Fsp3) is 0.450. The first-order valence-corrected chi connectivity index (χ1v) is 17.1. The highest BCUT2D eigenvalue weighted by molar-refractivity contribution is 5.93. The van der Waals surface area contributed by atoms with Crippen molar-refractivity contribution in [1.82, 2.24) is 0 Å². The van der Waals surface area contributed by atoms with Crippen LogP contribution >= 0.6 is 0 Å². The molecule has 13 heteroatoms. The number of rotatable bonds is 7. The van der Waals surface area contributed by atoms with Crippen LogP contribution in [0, 0.1) is 17.3 Å². The van der Waals surface area contributed by atoms with Crippen molar-refractivity contribution in [1.29, 1.82) is 0 Å². The van der Waals surface area contributed by atoms with E-state index >= 15 is 0 Å². The molecule has 2 aromatic carbocycles. The maximum absolute atomic E-state index is 14.5. The van der Waals surface area contributed by atoms with Crippen LogP contribution in [0.4, 0.5) is 0 Å². The lowest BCUT2D eigenvalue weighted by atomic mass is 9.72. The summed E-state index contributed by atoms with van der Waals surface area (Å²) in [7, 11) is 0. The Kier molecular flexibility index (Phi) is 12.1. The number of aliphatic hydroxyl groups excluding tert-OH is 1. The zero-order chi connectivity index (χ0) is 39.5. The van der Waals surface area contributed by atoms with Gasteiger partial charge in [0.15, 0.2) is 24.1 Å². The molecular weight excluding hydrogens is 688 g/mol. The van der Waals surface area contributed by atoms with Crippen molar-refractivity contribution < 1.29 is 62.7 Å². The Morgan fingerprint density at radius 3 is 1.72 bits per heavy atom. The Bertz CT molecular complexity index is 1770. The predicted octanol–water partition coefficient (Wildman–Crippen LogP) is 4.09. The van der Waals surface area contributed by atoms with Crippen molar-refractivity contribution in [3.8, 4) is 0 Å². The molecule has 9 atom stereocenters. The Balaban J connectivity index is 2.08. The van der Waals surface area contributed by atoms with Crippen molar-refractivity contribution in [3.63, 3.8) is 0 Å². The summed E-state index contributed by atoms with van der Waals surface area (Å²) in [5.74, 6) is -8.21. The summed E-state index contributed by atoms with van der Waals surface area (Å²) < 4.78 is 29.3. The van der Waals surface area contributed by atoms with Gasteiger partial charge >= 0.3 is 29.8 Å². The Labute approximate surface area is 307 Å². The van der Waals surface area contributed by atoms with E-state index in [1.165, 1.54) is 50.3 Å². The molecule has 2 aliphatic carbocycles. The standard InChI is InChI=1S/C40H46O13/c1-22-19-20-38(6,7)35(50-25(4)42)32(49-24(3)41)31(52-37(47)28-17-13-10-14-18-28)23(2)30(51-36(46)27-15-11-9-12-16-27)29-34(45)39(8,53-26(5)43)21-40(29,48)33(22)44/h9-20,22,29-32,34-35,45,48H,2,21H2,1,3-8H3/b20-19+/t22-,29-,30-,31-,32+,34+,35+,39+,40+/m0/s1. The smallest absolute Gasteiger partial charge is 0.338 e. The number of carbonyl (C=O) groups excluding carboxylic acids is 6. The third kappa shape index (κ3) is 8.74. The number of ether oxygens (including phenoxy) is 5. The van der Waals surface area contributed by atoms with Gasteiger partial charge in [-0.05, 0) is 31.2 Å². The van der Waals surface area contributed by atoms with Crippen molar-refractivity contribution in [2.45, 2.75) is 96.6 Å². The number of benzene rings is 2. The second-order valence-corrected chi connectivity index (χ2v) is 14.4. The lowest BCUT2D eigenvalue weighted by molar-refractivity contribution is -0.183. The lowest BCUT2D eigenvalue weighted by Crippen LogP contribution is -2.58. The fourth-order valence-electron chi connectivity index (χ4n) is 7.17. The first kappa shape index (κ1) is 40.6. The van der Waals surface area contributed by atoms with Gasteiger partial charge < -0.3 is 33.9 Å². The van der Waals surface area contributed by atoms with Crippen molar-refractivity contribution in [2.75, 3.05) is 0 Å². The number of hydrogen-bond acceptors (Lipinski definition) is 13.